The molecule has 0 unspecified atom stereocenters. The zero-order chi connectivity index (χ0) is 24.3. The highest BCUT2D eigenvalue weighted by atomic mass is 35.5. The standard InChI is InChI=1S/C23H19ClFN3O4S2/c24-15-5-3-14(4-6-15)12-27-23(30)19-13-26-21-18(22(19)29)10-16(25)11-20(21)34(31,32)28-8-7-17-2-1-9-33-17/h1-6,9-11,13,28H,7-8,12H2,(H,26,29)(H,27,30). The van der Waals surface area contributed by atoms with Crippen LogP contribution in [0.2, 0.25) is 5.02 Å². The minimum absolute atomic E-state index is 0.109. The Morgan fingerprint density at radius 2 is 1.94 bits per heavy atom. The monoisotopic (exact) mass is 519 g/mol. The molecule has 0 bridgehead atoms. The van der Waals surface area contributed by atoms with Crippen molar-refractivity contribution in [3.8, 4) is 5.75 Å². The summed E-state index contributed by atoms with van der Waals surface area (Å²) in [5.74, 6) is -2.10. The molecule has 34 heavy (non-hydrogen) atoms. The number of hydrogen-bond acceptors (Lipinski definition) is 6. The molecule has 2 aromatic carbocycles. The number of sulfonamides is 1. The summed E-state index contributed by atoms with van der Waals surface area (Å²) in [4.78, 5) is 17.3. The molecule has 0 spiro atoms. The quantitative estimate of drug-likeness (QED) is 0.322. The number of aromatic hydroxyl groups is 1. The first-order chi connectivity index (χ1) is 16.2. The Labute approximate surface area is 204 Å². The van der Waals surface area contributed by atoms with E-state index in [1.807, 2.05) is 17.5 Å². The topological polar surface area (TPSA) is 108 Å². The Morgan fingerprint density at radius 3 is 2.65 bits per heavy atom. The molecular weight excluding hydrogens is 501 g/mol. The Balaban J connectivity index is 1.58. The summed E-state index contributed by atoms with van der Waals surface area (Å²) >= 11 is 7.35. The molecule has 0 saturated carbocycles. The Hall–Kier alpha value is -3.05. The third-order valence-corrected chi connectivity index (χ3v) is 7.68. The number of rotatable bonds is 8. The molecule has 7 nitrogen and oxygen atoms in total. The van der Waals surface area contributed by atoms with Crippen molar-refractivity contribution in [2.45, 2.75) is 17.9 Å². The average Bonchev–Trinajstić information content (AvgIpc) is 3.32. The largest absolute Gasteiger partial charge is 0.506 e. The summed E-state index contributed by atoms with van der Waals surface area (Å²) in [5.41, 5.74) is 0.428. The normalized spacial score (nSPS) is 11.6. The molecule has 0 saturated heterocycles. The van der Waals surface area contributed by atoms with Crippen molar-refractivity contribution in [2.75, 3.05) is 6.54 Å². The number of carbonyl (C=O) groups is 1. The molecule has 11 heteroatoms. The molecule has 2 aromatic heterocycles. The fourth-order valence-corrected chi connectivity index (χ4v) is 5.36. The van der Waals surface area contributed by atoms with Crippen molar-refractivity contribution in [1.82, 2.24) is 15.0 Å². The summed E-state index contributed by atoms with van der Waals surface area (Å²) in [6.45, 7) is 0.266. The number of fused-ring (bicyclic) bond motifs is 1. The van der Waals surface area contributed by atoms with Crippen LogP contribution in [0.5, 0.6) is 5.75 Å². The molecule has 2 heterocycles. The van der Waals surface area contributed by atoms with Crippen LogP contribution in [0.25, 0.3) is 10.9 Å². The third kappa shape index (κ3) is 5.36. The Morgan fingerprint density at radius 1 is 1.18 bits per heavy atom. The highest BCUT2D eigenvalue weighted by molar-refractivity contribution is 7.89. The van der Waals surface area contributed by atoms with Gasteiger partial charge in [-0.05, 0) is 47.7 Å². The second kappa shape index (κ2) is 10.1. The van der Waals surface area contributed by atoms with Crippen molar-refractivity contribution >= 4 is 49.8 Å². The predicted octanol–water partition coefficient (Wildman–Crippen LogP) is 4.25. The molecule has 4 rings (SSSR count). The van der Waals surface area contributed by atoms with E-state index in [0.717, 1.165) is 28.8 Å². The van der Waals surface area contributed by atoms with Crippen LogP contribution in [-0.2, 0) is 23.0 Å². The van der Waals surface area contributed by atoms with E-state index >= 15 is 0 Å². The van der Waals surface area contributed by atoms with Crippen LogP contribution < -0.4 is 10.0 Å². The number of nitrogens with zero attached hydrogens (tertiary/aromatic N) is 1. The number of carbonyl (C=O) groups excluding carboxylic acids is 1. The first-order valence-electron chi connectivity index (χ1n) is 10.1. The second-order valence-electron chi connectivity index (χ2n) is 7.36. The van der Waals surface area contributed by atoms with Gasteiger partial charge in [0.15, 0.2) is 0 Å². The van der Waals surface area contributed by atoms with Crippen LogP contribution >= 0.6 is 22.9 Å². The number of thiophene rings is 1. The summed E-state index contributed by atoms with van der Waals surface area (Å²) in [7, 11) is -4.13. The van der Waals surface area contributed by atoms with Gasteiger partial charge in [0.25, 0.3) is 5.91 Å². The molecule has 0 atom stereocenters. The van der Waals surface area contributed by atoms with Crippen LogP contribution in [0.15, 0.2) is 65.0 Å². The fourth-order valence-electron chi connectivity index (χ4n) is 3.32. The molecule has 0 aliphatic rings. The van der Waals surface area contributed by atoms with Gasteiger partial charge < -0.3 is 10.4 Å². The molecule has 1 amide bonds. The van der Waals surface area contributed by atoms with E-state index in [1.54, 1.807) is 24.3 Å². The van der Waals surface area contributed by atoms with Crippen LogP contribution in [-0.4, -0.2) is 31.0 Å². The van der Waals surface area contributed by atoms with Gasteiger partial charge in [-0.2, -0.15) is 0 Å². The molecule has 4 aromatic rings. The number of hydrogen-bond donors (Lipinski definition) is 3. The summed E-state index contributed by atoms with van der Waals surface area (Å²) < 4.78 is 42.5. The molecule has 176 valence electrons. The summed E-state index contributed by atoms with van der Waals surface area (Å²) in [5, 5.41) is 15.6. The molecule has 0 radical (unpaired) electrons. The van der Waals surface area contributed by atoms with Gasteiger partial charge in [-0.3, -0.25) is 9.78 Å². The molecule has 3 N–H and O–H groups in total. The Bertz CT molecular complexity index is 1440. The predicted molar refractivity (Wildman–Crippen MR) is 129 cm³/mol. The highest BCUT2D eigenvalue weighted by Gasteiger charge is 2.23. The zero-order valence-electron chi connectivity index (χ0n) is 17.6. The summed E-state index contributed by atoms with van der Waals surface area (Å²) in [6.07, 6.45) is 1.54. The first kappa shape index (κ1) is 24.1. The maximum Gasteiger partial charge on any atom is 0.256 e. The molecular formula is C23H19ClFN3O4S2. The minimum Gasteiger partial charge on any atom is -0.506 e. The van der Waals surface area contributed by atoms with Crippen LogP contribution in [0.3, 0.4) is 0 Å². The number of nitrogens with one attached hydrogen (secondary N) is 2. The average molecular weight is 520 g/mol. The van der Waals surface area contributed by atoms with Gasteiger partial charge in [0.05, 0.1) is 5.52 Å². The van der Waals surface area contributed by atoms with Gasteiger partial charge in [-0.1, -0.05) is 29.8 Å². The Kier molecular flexibility index (Phi) is 7.13. The van der Waals surface area contributed by atoms with Gasteiger partial charge in [-0.15, -0.1) is 11.3 Å². The minimum atomic E-state index is -4.13. The number of benzene rings is 2. The number of pyridine rings is 1. The molecule has 0 aliphatic heterocycles. The van der Waals surface area contributed by atoms with Crippen molar-refractivity contribution in [3.05, 3.63) is 87.0 Å². The lowest BCUT2D eigenvalue weighted by Gasteiger charge is -2.12. The lowest BCUT2D eigenvalue weighted by Crippen LogP contribution is -2.26. The first-order valence-corrected chi connectivity index (χ1v) is 12.8. The van der Waals surface area contributed by atoms with E-state index in [9.17, 15) is 22.7 Å². The highest BCUT2D eigenvalue weighted by Crippen LogP contribution is 2.32. The number of halogens is 2. The number of amides is 1. The lowest BCUT2D eigenvalue weighted by molar-refractivity contribution is 0.0948. The van der Waals surface area contributed by atoms with Crippen molar-refractivity contribution in [2.24, 2.45) is 0 Å². The van der Waals surface area contributed by atoms with Crippen molar-refractivity contribution < 1.29 is 22.7 Å². The van der Waals surface area contributed by atoms with E-state index in [4.69, 9.17) is 11.6 Å². The van der Waals surface area contributed by atoms with E-state index < -0.39 is 32.4 Å². The van der Waals surface area contributed by atoms with Gasteiger partial charge in [-0.25, -0.2) is 17.5 Å². The maximum absolute atomic E-state index is 14.3. The van der Waals surface area contributed by atoms with Crippen molar-refractivity contribution in [1.29, 1.82) is 0 Å². The van der Waals surface area contributed by atoms with Crippen LogP contribution in [0.4, 0.5) is 4.39 Å². The van der Waals surface area contributed by atoms with Crippen LogP contribution in [0, 0.1) is 5.82 Å². The van der Waals surface area contributed by atoms with E-state index in [1.165, 1.54) is 11.3 Å². The molecule has 0 aliphatic carbocycles. The fraction of sp³-hybridized carbons (Fsp3) is 0.130. The van der Waals surface area contributed by atoms with Gasteiger partial charge in [0.1, 0.15) is 22.0 Å². The van der Waals surface area contributed by atoms with Gasteiger partial charge >= 0.3 is 0 Å². The maximum atomic E-state index is 14.3. The molecule has 0 fully saturated rings. The SMILES string of the molecule is O=C(NCc1ccc(Cl)cc1)c1cnc2c(S(=O)(=O)NCCc3cccs3)cc(F)cc2c1O. The summed E-state index contributed by atoms with van der Waals surface area (Å²) in [6, 6.07) is 12.4. The van der Waals surface area contributed by atoms with E-state index in [0.29, 0.717) is 11.4 Å². The van der Waals surface area contributed by atoms with Gasteiger partial charge in [0, 0.05) is 34.6 Å². The van der Waals surface area contributed by atoms with Crippen molar-refractivity contribution in [3.63, 3.8) is 0 Å². The van der Waals surface area contributed by atoms with Gasteiger partial charge in [0.2, 0.25) is 10.0 Å². The number of aromatic nitrogens is 1. The zero-order valence-corrected chi connectivity index (χ0v) is 20.0. The third-order valence-electron chi connectivity index (χ3n) is 5.02. The van der Waals surface area contributed by atoms with Crippen LogP contribution in [0.1, 0.15) is 20.8 Å². The smallest absolute Gasteiger partial charge is 0.256 e. The van der Waals surface area contributed by atoms with E-state index in [-0.39, 0.29) is 29.6 Å². The lowest BCUT2D eigenvalue weighted by atomic mass is 10.1. The second-order valence-corrected chi connectivity index (χ2v) is 10.6. The van der Waals surface area contributed by atoms with E-state index in [2.05, 4.69) is 15.0 Å².